The summed E-state index contributed by atoms with van der Waals surface area (Å²) >= 11 is 5.67. The summed E-state index contributed by atoms with van der Waals surface area (Å²) in [6.45, 7) is 1.94. The van der Waals surface area contributed by atoms with Crippen molar-refractivity contribution in [2.24, 2.45) is 0 Å². The largest absolute Gasteiger partial charge is 0.355 e. The Morgan fingerprint density at radius 2 is 2.25 bits per heavy atom. The number of amides is 1. The Hall–Kier alpha value is -1.53. The molecular formula is C12H11ClFNO. The van der Waals surface area contributed by atoms with Crippen LogP contribution in [0.1, 0.15) is 18.9 Å². The zero-order valence-electron chi connectivity index (χ0n) is 8.81. The van der Waals surface area contributed by atoms with Crippen LogP contribution in [0.4, 0.5) is 4.39 Å². The summed E-state index contributed by atoms with van der Waals surface area (Å²) < 4.78 is 12.9. The zero-order valence-corrected chi connectivity index (χ0v) is 9.57. The van der Waals surface area contributed by atoms with Crippen molar-refractivity contribution in [3.63, 3.8) is 0 Å². The molecule has 2 nitrogen and oxygen atoms in total. The summed E-state index contributed by atoms with van der Waals surface area (Å²) in [6, 6.07) is 4.14. The van der Waals surface area contributed by atoms with Crippen molar-refractivity contribution in [3.05, 3.63) is 34.6 Å². The van der Waals surface area contributed by atoms with Crippen LogP contribution in [0.5, 0.6) is 0 Å². The van der Waals surface area contributed by atoms with E-state index in [1.165, 1.54) is 19.1 Å². The molecule has 0 unspecified atom stereocenters. The van der Waals surface area contributed by atoms with Crippen LogP contribution in [-0.2, 0) is 4.79 Å². The van der Waals surface area contributed by atoms with Gasteiger partial charge in [-0.15, -0.1) is 0 Å². The molecule has 0 aliphatic carbocycles. The minimum absolute atomic E-state index is 0.0874. The second kappa shape index (κ2) is 6.14. The second-order valence-corrected chi connectivity index (χ2v) is 3.63. The molecule has 0 atom stereocenters. The van der Waals surface area contributed by atoms with Gasteiger partial charge in [0.05, 0.1) is 0 Å². The lowest BCUT2D eigenvalue weighted by Gasteiger charge is -1.95. The van der Waals surface area contributed by atoms with E-state index in [0.717, 1.165) is 0 Å². The van der Waals surface area contributed by atoms with Gasteiger partial charge in [0.2, 0.25) is 5.91 Å². The van der Waals surface area contributed by atoms with Gasteiger partial charge in [-0.1, -0.05) is 23.4 Å². The van der Waals surface area contributed by atoms with E-state index in [-0.39, 0.29) is 5.91 Å². The van der Waals surface area contributed by atoms with E-state index >= 15 is 0 Å². The highest BCUT2D eigenvalue weighted by Gasteiger charge is 1.95. The Bertz CT molecular complexity index is 428. The first-order valence-corrected chi connectivity index (χ1v) is 5.15. The first-order valence-electron chi connectivity index (χ1n) is 4.77. The molecule has 1 aromatic rings. The quantitative estimate of drug-likeness (QED) is 0.623. The number of carbonyl (C=O) groups excluding carboxylic acids is 1. The summed E-state index contributed by atoms with van der Waals surface area (Å²) in [5, 5.41) is 2.94. The molecule has 16 heavy (non-hydrogen) atoms. The van der Waals surface area contributed by atoms with Gasteiger partial charge in [-0.2, -0.15) is 0 Å². The number of halogens is 2. The van der Waals surface area contributed by atoms with Crippen LogP contribution in [0.15, 0.2) is 18.2 Å². The average Bonchev–Trinajstić information content (AvgIpc) is 2.15. The Kier molecular flexibility index (Phi) is 4.81. The van der Waals surface area contributed by atoms with Gasteiger partial charge in [-0.3, -0.25) is 4.79 Å². The van der Waals surface area contributed by atoms with Gasteiger partial charge < -0.3 is 5.32 Å². The normalized spacial score (nSPS) is 9.19. The Labute approximate surface area is 98.8 Å². The molecule has 0 aliphatic heterocycles. The third kappa shape index (κ3) is 4.81. The third-order valence-corrected chi connectivity index (χ3v) is 1.94. The summed E-state index contributed by atoms with van der Waals surface area (Å²) in [5.41, 5.74) is 0.535. The van der Waals surface area contributed by atoms with Crippen molar-refractivity contribution >= 4 is 17.5 Å². The van der Waals surface area contributed by atoms with Gasteiger partial charge in [0.25, 0.3) is 0 Å². The topological polar surface area (TPSA) is 29.1 Å². The highest BCUT2D eigenvalue weighted by molar-refractivity contribution is 6.30. The standard InChI is InChI=1S/C12H11ClFNO/c1-9(16)15-5-3-2-4-10-6-11(13)8-12(14)7-10/h6-8H,3,5H2,1H3,(H,15,16). The third-order valence-electron chi connectivity index (χ3n) is 1.72. The van der Waals surface area contributed by atoms with Crippen molar-refractivity contribution < 1.29 is 9.18 Å². The van der Waals surface area contributed by atoms with Gasteiger partial charge in [0.1, 0.15) is 5.82 Å². The molecule has 4 heteroatoms. The minimum Gasteiger partial charge on any atom is -0.355 e. The van der Waals surface area contributed by atoms with Crippen LogP contribution >= 0.6 is 11.6 Å². The fourth-order valence-corrected chi connectivity index (χ4v) is 1.31. The monoisotopic (exact) mass is 239 g/mol. The second-order valence-electron chi connectivity index (χ2n) is 3.19. The molecular weight excluding hydrogens is 229 g/mol. The smallest absolute Gasteiger partial charge is 0.216 e. The van der Waals surface area contributed by atoms with Crippen molar-refractivity contribution in [2.45, 2.75) is 13.3 Å². The van der Waals surface area contributed by atoms with Crippen LogP contribution in [-0.4, -0.2) is 12.5 Å². The molecule has 0 saturated carbocycles. The van der Waals surface area contributed by atoms with E-state index in [9.17, 15) is 9.18 Å². The van der Waals surface area contributed by atoms with Gasteiger partial charge in [-0.25, -0.2) is 4.39 Å². The first kappa shape index (κ1) is 12.5. The van der Waals surface area contributed by atoms with Crippen LogP contribution in [0.3, 0.4) is 0 Å². The van der Waals surface area contributed by atoms with E-state index in [0.29, 0.717) is 23.6 Å². The first-order chi connectivity index (χ1) is 7.58. The molecule has 0 spiro atoms. The molecule has 1 N–H and O–H groups in total. The zero-order chi connectivity index (χ0) is 12.0. The molecule has 1 rings (SSSR count). The fraction of sp³-hybridized carbons (Fsp3) is 0.250. The lowest BCUT2D eigenvalue weighted by atomic mass is 10.2. The predicted octanol–water partition coefficient (Wildman–Crippen LogP) is 2.36. The highest BCUT2D eigenvalue weighted by atomic mass is 35.5. The van der Waals surface area contributed by atoms with Gasteiger partial charge in [-0.05, 0) is 18.2 Å². The number of nitrogens with one attached hydrogen (secondary N) is 1. The maximum absolute atomic E-state index is 12.9. The van der Waals surface area contributed by atoms with Crippen molar-refractivity contribution in [1.82, 2.24) is 5.32 Å². The van der Waals surface area contributed by atoms with E-state index in [2.05, 4.69) is 17.2 Å². The Morgan fingerprint density at radius 3 is 2.88 bits per heavy atom. The van der Waals surface area contributed by atoms with Crippen molar-refractivity contribution in [3.8, 4) is 11.8 Å². The van der Waals surface area contributed by atoms with Gasteiger partial charge >= 0.3 is 0 Å². The fourth-order valence-electron chi connectivity index (χ4n) is 1.09. The number of carbonyl (C=O) groups is 1. The summed E-state index contributed by atoms with van der Waals surface area (Å²) in [6.07, 6.45) is 0.522. The van der Waals surface area contributed by atoms with E-state index in [1.807, 2.05) is 0 Å². The maximum Gasteiger partial charge on any atom is 0.216 e. The highest BCUT2D eigenvalue weighted by Crippen LogP contribution is 2.12. The minimum atomic E-state index is -0.404. The SMILES string of the molecule is CC(=O)NCCC#Cc1cc(F)cc(Cl)c1. The molecule has 84 valence electrons. The molecule has 0 heterocycles. The number of hydrogen-bond donors (Lipinski definition) is 1. The van der Waals surface area contributed by atoms with Gasteiger partial charge in [0, 0.05) is 30.5 Å². The molecule has 0 aromatic heterocycles. The molecule has 1 amide bonds. The molecule has 1 aromatic carbocycles. The number of rotatable bonds is 2. The van der Waals surface area contributed by atoms with Crippen molar-refractivity contribution in [1.29, 1.82) is 0 Å². The molecule has 0 aliphatic rings. The molecule has 0 saturated heterocycles. The van der Waals surface area contributed by atoms with Gasteiger partial charge in [0.15, 0.2) is 0 Å². The molecule has 0 radical (unpaired) electrons. The van der Waals surface area contributed by atoms with E-state index in [4.69, 9.17) is 11.6 Å². The molecule has 0 fully saturated rings. The lowest BCUT2D eigenvalue weighted by Crippen LogP contribution is -2.20. The van der Waals surface area contributed by atoms with Crippen LogP contribution in [0.2, 0.25) is 5.02 Å². The van der Waals surface area contributed by atoms with E-state index < -0.39 is 5.82 Å². The lowest BCUT2D eigenvalue weighted by molar-refractivity contribution is -0.118. The van der Waals surface area contributed by atoms with Crippen LogP contribution in [0, 0.1) is 17.7 Å². The maximum atomic E-state index is 12.9. The molecule has 0 bridgehead atoms. The van der Waals surface area contributed by atoms with Crippen LogP contribution in [0.25, 0.3) is 0 Å². The number of benzene rings is 1. The Morgan fingerprint density at radius 1 is 1.50 bits per heavy atom. The van der Waals surface area contributed by atoms with Crippen molar-refractivity contribution in [2.75, 3.05) is 6.54 Å². The average molecular weight is 240 g/mol. The van der Waals surface area contributed by atoms with Crippen LogP contribution < -0.4 is 5.32 Å². The predicted molar refractivity (Wildman–Crippen MR) is 61.6 cm³/mol. The summed E-state index contributed by atoms with van der Waals surface area (Å²) in [4.78, 5) is 10.5. The Balaban J connectivity index is 2.53. The van der Waals surface area contributed by atoms with E-state index in [1.54, 1.807) is 6.07 Å². The summed E-state index contributed by atoms with van der Waals surface area (Å²) in [7, 11) is 0. The number of hydrogen-bond acceptors (Lipinski definition) is 1. The summed E-state index contributed by atoms with van der Waals surface area (Å²) in [5.74, 6) is 5.10.